The zero-order valence-electron chi connectivity index (χ0n) is 15.1. The average Bonchev–Trinajstić information content (AvgIpc) is 3.12. The molecule has 3 atom stereocenters. The van der Waals surface area contributed by atoms with Crippen molar-refractivity contribution >= 4 is 40.5 Å². The second-order valence-electron chi connectivity index (χ2n) is 7.21. The van der Waals surface area contributed by atoms with Gasteiger partial charge in [0.15, 0.2) is 0 Å². The van der Waals surface area contributed by atoms with Gasteiger partial charge in [-0.05, 0) is 54.7 Å². The van der Waals surface area contributed by atoms with Gasteiger partial charge in [0.2, 0.25) is 5.91 Å². The van der Waals surface area contributed by atoms with Gasteiger partial charge in [-0.2, -0.15) is 0 Å². The van der Waals surface area contributed by atoms with Crippen molar-refractivity contribution < 1.29 is 4.79 Å². The fraction of sp³-hybridized carbons (Fsp3) is 0.318. The second kappa shape index (κ2) is 7.57. The highest BCUT2D eigenvalue weighted by atomic mass is 35.5. The van der Waals surface area contributed by atoms with Crippen LogP contribution >= 0.6 is 23.2 Å². The van der Waals surface area contributed by atoms with Gasteiger partial charge in [0.25, 0.3) is 0 Å². The van der Waals surface area contributed by atoms with Gasteiger partial charge in [-0.15, -0.1) is 0 Å². The van der Waals surface area contributed by atoms with Crippen molar-refractivity contribution in [2.75, 3.05) is 10.6 Å². The monoisotopic (exact) mass is 400 g/mol. The van der Waals surface area contributed by atoms with Gasteiger partial charge >= 0.3 is 0 Å². The molecule has 27 heavy (non-hydrogen) atoms. The first-order valence-corrected chi connectivity index (χ1v) is 10.1. The van der Waals surface area contributed by atoms with Crippen LogP contribution in [0.5, 0.6) is 0 Å². The van der Waals surface area contributed by atoms with E-state index in [0.29, 0.717) is 22.4 Å². The molecule has 0 saturated heterocycles. The van der Waals surface area contributed by atoms with Crippen LogP contribution in [-0.2, 0) is 4.79 Å². The summed E-state index contributed by atoms with van der Waals surface area (Å²) >= 11 is 13.0. The van der Waals surface area contributed by atoms with Gasteiger partial charge in [0.05, 0.1) is 6.04 Å². The lowest BCUT2D eigenvalue weighted by molar-refractivity contribution is -0.116. The van der Waals surface area contributed by atoms with Crippen LogP contribution in [0.3, 0.4) is 0 Å². The van der Waals surface area contributed by atoms with Gasteiger partial charge in [0.1, 0.15) is 0 Å². The number of fused-ring (bicyclic) bond motifs is 3. The van der Waals surface area contributed by atoms with Crippen LogP contribution in [0.1, 0.15) is 49.3 Å². The maximum Gasteiger partial charge on any atom is 0.224 e. The van der Waals surface area contributed by atoms with Crippen molar-refractivity contribution in [2.45, 2.75) is 38.1 Å². The molecule has 1 amide bonds. The average molecular weight is 401 g/mol. The Hall–Kier alpha value is -1.97. The Labute approximate surface area is 169 Å². The maximum absolute atomic E-state index is 12.0. The standard InChI is InChI=1S/C22H22Cl2N2O/c1-2-5-20(27)25-13-10-11-19-16(12-13)14-6-3-7-15(14)22(26-19)21-17(23)8-4-9-18(21)24/h3-4,6,8-12,14-15,22,26H,2,5,7H2,1H3,(H,25,27). The fourth-order valence-corrected chi connectivity index (χ4v) is 4.85. The molecule has 0 bridgehead atoms. The Balaban J connectivity index is 1.69. The number of anilines is 2. The molecule has 1 heterocycles. The highest BCUT2D eigenvalue weighted by Gasteiger charge is 2.39. The Kier molecular flexibility index (Phi) is 5.16. The summed E-state index contributed by atoms with van der Waals surface area (Å²) in [4.78, 5) is 12.0. The number of hydrogen-bond acceptors (Lipinski definition) is 2. The number of allylic oxidation sites excluding steroid dienone is 2. The van der Waals surface area contributed by atoms with E-state index in [4.69, 9.17) is 23.2 Å². The van der Waals surface area contributed by atoms with Gasteiger partial charge < -0.3 is 10.6 Å². The first-order chi connectivity index (χ1) is 13.1. The molecule has 1 aliphatic heterocycles. The Morgan fingerprint density at radius 1 is 1.22 bits per heavy atom. The molecule has 140 valence electrons. The van der Waals surface area contributed by atoms with Gasteiger partial charge in [0, 0.05) is 39.3 Å². The fourth-order valence-electron chi connectivity index (χ4n) is 4.22. The number of amides is 1. The zero-order valence-corrected chi connectivity index (χ0v) is 16.6. The lowest BCUT2D eigenvalue weighted by Crippen LogP contribution is -2.29. The molecular formula is C22H22Cl2N2O. The normalized spacial score (nSPS) is 22.7. The topological polar surface area (TPSA) is 41.1 Å². The van der Waals surface area contributed by atoms with E-state index in [1.54, 1.807) is 0 Å². The predicted octanol–water partition coefficient (Wildman–Crippen LogP) is 6.56. The number of rotatable bonds is 4. The van der Waals surface area contributed by atoms with Crippen LogP contribution in [0.15, 0.2) is 48.6 Å². The molecule has 0 aromatic heterocycles. The summed E-state index contributed by atoms with van der Waals surface area (Å²) in [7, 11) is 0. The SMILES string of the molecule is CCCC(=O)Nc1ccc2c(c1)C1C=CCC1C(c1c(Cl)cccc1Cl)N2. The zero-order chi connectivity index (χ0) is 19.0. The quantitative estimate of drug-likeness (QED) is 0.570. The number of nitrogens with one attached hydrogen (secondary N) is 2. The van der Waals surface area contributed by atoms with E-state index in [-0.39, 0.29) is 17.9 Å². The summed E-state index contributed by atoms with van der Waals surface area (Å²) < 4.78 is 0. The smallest absolute Gasteiger partial charge is 0.224 e. The van der Waals surface area contributed by atoms with Crippen LogP contribution < -0.4 is 10.6 Å². The molecule has 2 aliphatic rings. The number of hydrogen-bond donors (Lipinski definition) is 2. The Bertz CT molecular complexity index is 889. The summed E-state index contributed by atoms with van der Waals surface area (Å²) in [6.07, 6.45) is 6.84. The Morgan fingerprint density at radius 2 is 2.00 bits per heavy atom. The highest BCUT2D eigenvalue weighted by Crippen LogP contribution is 2.52. The summed E-state index contributed by atoms with van der Waals surface area (Å²) in [5.74, 6) is 0.679. The molecule has 0 radical (unpaired) electrons. The van der Waals surface area contributed by atoms with Gasteiger partial charge in [-0.1, -0.05) is 48.3 Å². The minimum Gasteiger partial charge on any atom is -0.378 e. The van der Waals surface area contributed by atoms with Crippen LogP contribution in [0.2, 0.25) is 10.0 Å². The van der Waals surface area contributed by atoms with Crippen molar-refractivity contribution in [1.29, 1.82) is 0 Å². The third kappa shape index (κ3) is 3.46. The Morgan fingerprint density at radius 3 is 2.74 bits per heavy atom. The molecule has 1 aliphatic carbocycles. The van der Waals surface area contributed by atoms with E-state index in [2.05, 4.69) is 28.9 Å². The third-order valence-electron chi connectivity index (χ3n) is 5.43. The summed E-state index contributed by atoms with van der Waals surface area (Å²) in [6, 6.07) is 11.8. The number of halogens is 2. The van der Waals surface area contributed by atoms with Crippen molar-refractivity contribution in [2.24, 2.45) is 5.92 Å². The third-order valence-corrected chi connectivity index (χ3v) is 6.09. The number of benzene rings is 2. The first-order valence-electron chi connectivity index (χ1n) is 9.39. The predicted molar refractivity (Wildman–Crippen MR) is 113 cm³/mol. The van der Waals surface area contributed by atoms with Crippen LogP contribution in [0.25, 0.3) is 0 Å². The van der Waals surface area contributed by atoms with E-state index in [1.807, 2.05) is 37.3 Å². The lowest BCUT2D eigenvalue weighted by atomic mass is 9.77. The molecule has 0 spiro atoms. The summed E-state index contributed by atoms with van der Waals surface area (Å²) in [6.45, 7) is 2.00. The van der Waals surface area contributed by atoms with Gasteiger partial charge in [-0.25, -0.2) is 0 Å². The van der Waals surface area contributed by atoms with Gasteiger partial charge in [-0.3, -0.25) is 4.79 Å². The number of carbonyl (C=O) groups is 1. The van der Waals surface area contributed by atoms with E-state index in [9.17, 15) is 4.79 Å². The summed E-state index contributed by atoms with van der Waals surface area (Å²) in [5.41, 5.74) is 4.09. The molecule has 4 rings (SSSR count). The van der Waals surface area contributed by atoms with Crippen molar-refractivity contribution in [3.8, 4) is 0 Å². The minimum absolute atomic E-state index is 0.0548. The molecule has 3 unspecified atom stereocenters. The van der Waals surface area contributed by atoms with E-state index in [0.717, 1.165) is 29.8 Å². The largest absolute Gasteiger partial charge is 0.378 e. The van der Waals surface area contributed by atoms with Crippen molar-refractivity contribution in [1.82, 2.24) is 0 Å². The molecule has 0 saturated carbocycles. The molecule has 2 aromatic rings. The molecule has 3 nitrogen and oxygen atoms in total. The molecule has 2 N–H and O–H groups in total. The van der Waals surface area contributed by atoms with Crippen molar-refractivity contribution in [3.05, 3.63) is 69.7 Å². The van der Waals surface area contributed by atoms with Crippen LogP contribution in [0.4, 0.5) is 11.4 Å². The highest BCUT2D eigenvalue weighted by molar-refractivity contribution is 6.36. The van der Waals surface area contributed by atoms with E-state index < -0.39 is 0 Å². The minimum atomic E-state index is 0.0548. The molecule has 5 heteroatoms. The van der Waals surface area contributed by atoms with Crippen molar-refractivity contribution in [3.63, 3.8) is 0 Å². The van der Waals surface area contributed by atoms with Crippen LogP contribution in [-0.4, -0.2) is 5.91 Å². The van der Waals surface area contributed by atoms with E-state index >= 15 is 0 Å². The van der Waals surface area contributed by atoms with E-state index in [1.165, 1.54) is 5.56 Å². The maximum atomic E-state index is 12.0. The molecular weight excluding hydrogens is 379 g/mol. The van der Waals surface area contributed by atoms with Crippen LogP contribution in [0, 0.1) is 5.92 Å². The number of carbonyl (C=O) groups excluding carboxylic acids is 1. The lowest BCUT2D eigenvalue weighted by Gasteiger charge is -2.38. The summed E-state index contributed by atoms with van der Waals surface area (Å²) in [5, 5.41) is 8.04. The first kappa shape index (κ1) is 18.4. The molecule has 2 aromatic carbocycles. The molecule has 0 fully saturated rings. The second-order valence-corrected chi connectivity index (χ2v) is 8.03.